The van der Waals surface area contributed by atoms with Crippen LogP contribution < -0.4 is 36.1 Å². The van der Waals surface area contributed by atoms with E-state index in [1.165, 1.54) is 31.2 Å². The second-order valence-electron chi connectivity index (χ2n) is 17.5. The van der Waals surface area contributed by atoms with Gasteiger partial charge in [-0.05, 0) is 112 Å². The van der Waals surface area contributed by atoms with Gasteiger partial charge in [-0.25, -0.2) is 24.7 Å². The van der Waals surface area contributed by atoms with Crippen LogP contribution in [-0.4, -0.2) is 112 Å². The van der Waals surface area contributed by atoms with Crippen LogP contribution in [0, 0.1) is 23.7 Å². The van der Waals surface area contributed by atoms with Gasteiger partial charge in [0.25, 0.3) is 17.7 Å². The summed E-state index contributed by atoms with van der Waals surface area (Å²) in [6, 6.07) is 19.1. The van der Waals surface area contributed by atoms with Gasteiger partial charge in [-0.1, -0.05) is 11.8 Å². The first kappa shape index (κ1) is 56.9. The number of aliphatic carboxylic acids is 1. The van der Waals surface area contributed by atoms with E-state index in [1.54, 1.807) is 60.6 Å². The Balaban J connectivity index is 0.000000194. The molecule has 2 aliphatic rings. The molecule has 8 heterocycles. The van der Waals surface area contributed by atoms with Crippen LogP contribution in [-0.2, 0) is 21.9 Å². The highest BCUT2D eigenvalue weighted by molar-refractivity contribution is 6.04. The van der Waals surface area contributed by atoms with Gasteiger partial charge < -0.3 is 46.1 Å². The molecule has 416 valence electrons. The maximum atomic E-state index is 12.9. The lowest BCUT2D eigenvalue weighted by molar-refractivity contribution is -0.138. The summed E-state index contributed by atoms with van der Waals surface area (Å²) < 4.78 is 89.6. The van der Waals surface area contributed by atoms with E-state index in [0.717, 1.165) is 62.6 Å². The van der Waals surface area contributed by atoms with Gasteiger partial charge in [-0.2, -0.15) is 36.5 Å². The minimum atomic E-state index is -4.55. The SMILES string of the molecule is CC#CC(=O)N1CC[C@@H](Nc2n[nH]c3nccc(Oc4ccc(C(=O)Nc5cc(C(F)(F)F)ccn5)cc4)c23)C1.CC#CC(=O)O.O=C(Nc1cc(C(F)(F)F)ccn1)c1ccc(Oc2ccnc3[nH]nc(N[C@@H]4CCNC4)c23)cc1. The van der Waals surface area contributed by atoms with Crippen molar-refractivity contribution >= 4 is 69.0 Å². The third kappa shape index (κ3) is 15.1. The average Bonchev–Trinajstić information content (AvgIpc) is 4.35. The van der Waals surface area contributed by atoms with Crippen molar-refractivity contribution in [2.45, 2.75) is 51.1 Å². The molecule has 3 amide bonds. The zero-order valence-corrected chi connectivity index (χ0v) is 42.6. The van der Waals surface area contributed by atoms with Crippen LogP contribution in [0.1, 0.15) is 58.5 Å². The van der Waals surface area contributed by atoms with Gasteiger partial charge in [0.2, 0.25) is 0 Å². The second kappa shape index (κ2) is 25.5. The number of aromatic nitrogens is 8. The monoisotopic (exact) mass is 1120 g/mol. The number of halogens is 6. The van der Waals surface area contributed by atoms with Crippen LogP contribution in [0.2, 0.25) is 0 Å². The van der Waals surface area contributed by atoms with E-state index in [9.17, 15) is 45.5 Å². The number of ether oxygens (including phenoxy) is 2. The molecule has 0 bridgehead atoms. The molecule has 2 aromatic carbocycles. The Morgan fingerprint density at radius 1 is 0.630 bits per heavy atom. The molecule has 2 fully saturated rings. The lowest BCUT2D eigenvalue weighted by Crippen LogP contribution is -2.30. The first-order chi connectivity index (χ1) is 38.8. The maximum absolute atomic E-state index is 12.9. The summed E-state index contributed by atoms with van der Waals surface area (Å²) in [4.78, 5) is 64.4. The number of aromatic amines is 2. The zero-order valence-electron chi connectivity index (χ0n) is 42.6. The van der Waals surface area contributed by atoms with E-state index >= 15 is 0 Å². The highest BCUT2D eigenvalue weighted by Crippen LogP contribution is 2.36. The third-order valence-electron chi connectivity index (χ3n) is 11.9. The maximum Gasteiger partial charge on any atom is 0.416 e. The molecule has 2 atom stereocenters. The van der Waals surface area contributed by atoms with Crippen LogP contribution in [0.25, 0.3) is 22.1 Å². The van der Waals surface area contributed by atoms with Crippen molar-refractivity contribution in [2.75, 3.05) is 47.4 Å². The fraction of sp³-hybridized carbons (Fsp3) is 0.222. The summed E-state index contributed by atoms with van der Waals surface area (Å²) in [7, 11) is 0. The van der Waals surface area contributed by atoms with Crippen LogP contribution in [0.5, 0.6) is 23.0 Å². The first-order valence-corrected chi connectivity index (χ1v) is 24.4. The molecule has 2 aliphatic heterocycles. The fourth-order valence-electron chi connectivity index (χ4n) is 8.07. The van der Waals surface area contributed by atoms with Gasteiger partial charge in [0.1, 0.15) is 45.4 Å². The number of hydrogen-bond acceptors (Lipinski definition) is 15. The van der Waals surface area contributed by atoms with Gasteiger partial charge >= 0.3 is 18.3 Å². The Bertz CT molecular complexity index is 3690. The number of H-pyrrole nitrogens is 2. The quantitative estimate of drug-likeness (QED) is 0.0419. The predicted octanol–water partition coefficient (Wildman–Crippen LogP) is 8.74. The standard InChI is InChI=1S/C27H22F3N7O3.C23H20F3N7O2.C4H4O2/c1-2-3-22(38)37-13-10-18(15-37)33-25-23-20(9-12-32-24(23)35-36-25)40-19-6-4-16(5-7-19)26(39)34-21-14-17(8-11-31-21)27(28,29)30;24-23(25,26)14-5-9-28-18(11-14)31-22(34)13-1-3-16(4-2-13)35-17-7-10-29-20-19(17)21(33-32-20)30-15-6-8-27-12-15;1-2-3-4(5)6/h4-9,11-12,14,18H,10,13,15H2,1H3,(H,31,34,39)(H2,32,33,35,36);1-5,7,9-11,15,27H,6,8,12H2,(H,28,31,34)(H2,29,30,32,33);1H3,(H,5,6)/t18-;15-;/m11./s1. The van der Waals surface area contributed by atoms with Gasteiger partial charge in [-0.3, -0.25) is 24.6 Å². The van der Waals surface area contributed by atoms with Crippen LogP contribution in [0.3, 0.4) is 0 Å². The largest absolute Gasteiger partial charge is 0.472 e. The number of carboxylic acids is 1. The van der Waals surface area contributed by atoms with Gasteiger partial charge in [0.05, 0.1) is 11.1 Å². The van der Waals surface area contributed by atoms with Gasteiger partial charge in [0.15, 0.2) is 22.9 Å². The van der Waals surface area contributed by atoms with Crippen molar-refractivity contribution in [3.8, 4) is 46.7 Å². The Labute approximate surface area is 455 Å². The van der Waals surface area contributed by atoms with E-state index < -0.39 is 41.3 Å². The van der Waals surface area contributed by atoms with Crippen molar-refractivity contribution in [1.29, 1.82) is 0 Å². The number of amides is 3. The van der Waals surface area contributed by atoms with E-state index in [-0.39, 0.29) is 40.8 Å². The lowest BCUT2D eigenvalue weighted by Gasteiger charge is -2.15. The second-order valence-corrected chi connectivity index (χ2v) is 17.5. The Morgan fingerprint density at radius 3 is 1.52 bits per heavy atom. The Morgan fingerprint density at radius 2 is 1.10 bits per heavy atom. The van der Waals surface area contributed by atoms with Crippen LogP contribution in [0.4, 0.5) is 49.6 Å². The summed E-state index contributed by atoms with van der Waals surface area (Å²) >= 11 is 0. The molecule has 8 aromatic rings. The van der Waals surface area contributed by atoms with Crippen LogP contribution >= 0.6 is 0 Å². The first-order valence-electron chi connectivity index (χ1n) is 24.4. The summed E-state index contributed by atoms with van der Waals surface area (Å²) in [6.07, 6.45) is -2.25. The summed E-state index contributed by atoms with van der Waals surface area (Å²) in [6.45, 7) is 5.94. The highest BCUT2D eigenvalue weighted by Gasteiger charge is 2.32. The number of anilines is 4. The molecular formula is C54H46F6N14O7. The van der Waals surface area contributed by atoms with E-state index in [2.05, 4.69) is 84.7 Å². The number of likely N-dealkylation sites (tertiary alicyclic amines) is 1. The molecule has 0 spiro atoms. The number of hydrogen-bond donors (Lipinski definition) is 8. The molecule has 2 saturated heterocycles. The molecular weight excluding hydrogens is 1070 g/mol. The molecule has 0 unspecified atom stereocenters. The molecule has 27 heteroatoms. The van der Waals surface area contributed by atoms with Crippen molar-refractivity contribution in [2.24, 2.45) is 0 Å². The number of rotatable bonds is 12. The van der Waals surface area contributed by atoms with Crippen molar-refractivity contribution in [3.05, 3.63) is 132 Å². The fourth-order valence-corrected chi connectivity index (χ4v) is 8.07. The zero-order chi connectivity index (χ0) is 57.7. The Hall–Kier alpha value is -10.3. The molecule has 0 radical (unpaired) electrons. The minimum absolute atomic E-state index is 0.0359. The van der Waals surface area contributed by atoms with E-state index in [4.69, 9.17) is 14.6 Å². The topological polar surface area (TPSA) is 279 Å². The predicted molar refractivity (Wildman–Crippen MR) is 283 cm³/mol. The van der Waals surface area contributed by atoms with Crippen molar-refractivity contribution in [3.63, 3.8) is 0 Å². The number of alkyl halides is 6. The number of carboxylic acid groups (broad SMARTS) is 1. The molecule has 10 rings (SSSR count). The number of pyridine rings is 4. The number of carbonyl (C=O) groups excluding carboxylic acids is 3. The van der Waals surface area contributed by atoms with Crippen molar-refractivity contribution in [1.82, 2.24) is 50.5 Å². The van der Waals surface area contributed by atoms with Crippen LogP contribution in [0.15, 0.2) is 110 Å². The lowest BCUT2D eigenvalue weighted by atomic mass is 10.2. The van der Waals surface area contributed by atoms with E-state index in [1.807, 2.05) is 5.92 Å². The Kier molecular flexibility index (Phi) is 17.9. The minimum Gasteiger partial charge on any atom is -0.472 e. The molecule has 6 aromatic heterocycles. The van der Waals surface area contributed by atoms with E-state index in [0.29, 0.717) is 69.8 Å². The summed E-state index contributed by atoms with van der Waals surface area (Å²) in [5.41, 5.74) is -0.315. The average molecular weight is 1120 g/mol. The number of carbonyl (C=O) groups is 4. The molecule has 81 heavy (non-hydrogen) atoms. The summed E-state index contributed by atoms with van der Waals surface area (Å²) in [5.74, 6) is 9.36. The molecule has 0 saturated carbocycles. The smallest absolute Gasteiger partial charge is 0.416 e. The molecule has 8 N–H and O–H groups in total. The summed E-state index contributed by atoms with van der Waals surface area (Å²) in [5, 5.41) is 38.2. The normalized spacial score (nSPS) is 14.6. The highest BCUT2D eigenvalue weighted by atomic mass is 19.4. The van der Waals surface area contributed by atoms with Gasteiger partial charge in [0, 0.05) is 85.7 Å². The molecule has 0 aliphatic carbocycles. The van der Waals surface area contributed by atoms with Gasteiger partial charge in [-0.15, -0.1) is 0 Å². The number of benzene rings is 2. The number of fused-ring (bicyclic) bond motifs is 2. The number of nitrogens with one attached hydrogen (secondary N) is 7. The van der Waals surface area contributed by atoms with Crippen molar-refractivity contribution < 1.29 is 60.1 Å². The third-order valence-corrected chi connectivity index (χ3v) is 11.9. The molecule has 21 nitrogen and oxygen atoms in total. The number of nitrogens with zero attached hydrogens (tertiary/aromatic N) is 7.